The van der Waals surface area contributed by atoms with Gasteiger partial charge in [0.25, 0.3) is 0 Å². The number of carboxylic acids is 2. The minimum Gasteiger partial charge on any atom is -0.481 e. The number of aliphatic carboxylic acids is 2. The Morgan fingerprint density at radius 1 is 0.547 bits per heavy atom. The zero-order chi connectivity index (χ0) is 39.6. The average Bonchev–Trinajstić information content (AvgIpc) is 3.12. The molecule has 0 aliphatic carbocycles. The predicted octanol–water partition coefficient (Wildman–Crippen LogP) is 8.93. The second-order valence-corrected chi connectivity index (χ2v) is 11.4. The monoisotopic (exact) mass is 734 g/mol. The largest absolute Gasteiger partial charge is 0.481 e. The van der Waals surface area contributed by atoms with Crippen molar-refractivity contribution in [3.63, 3.8) is 0 Å². The summed E-state index contributed by atoms with van der Waals surface area (Å²) in [4.78, 5) is 25.0. The fourth-order valence-electron chi connectivity index (χ4n) is 3.73. The molecule has 0 bridgehead atoms. The van der Waals surface area contributed by atoms with Crippen molar-refractivity contribution in [1.82, 2.24) is 0 Å². The Morgan fingerprint density at radius 2 is 1.00 bits per heavy atom. The molecule has 0 aliphatic heterocycles. The van der Waals surface area contributed by atoms with Gasteiger partial charge in [0, 0.05) is 19.3 Å². The van der Waals surface area contributed by atoms with Crippen LogP contribution < -0.4 is 0 Å². The molecular weight excluding hydrogens is 672 g/mol. The molecule has 0 rings (SSSR count). The molecule has 0 aromatic heterocycles. The zero-order valence-corrected chi connectivity index (χ0v) is 31.4. The highest BCUT2D eigenvalue weighted by Crippen LogP contribution is 2.03. The quantitative estimate of drug-likeness (QED) is 0.0159. The summed E-state index contributed by atoms with van der Waals surface area (Å²) in [5.41, 5.74) is 0. The summed E-state index contributed by atoms with van der Waals surface area (Å²) in [6, 6.07) is 0. The molecule has 0 spiro atoms. The topological polar surface area (TPSA) is 165 Å². The smallest absolute Gasteiger partial charge is 0.304 e. The molecule has 0 saturated heterocycles. The molecule has 0 saturated carbocycles. The third-order valence-corrected chi connectivity index (χ3v) is 6.51. The number of aliphatic hydroxyl groups is 3. The maximum atomic E-state index is 10.4. The van der Waals surface area contributed by atoms with Crippen LogP contribution in [0.1, 0.15) is 90.9 Å². The van der Waals surface area contributed by atoms with Crippen molar-refractivity contribution < 1.29 is 45.3 Å². The summed E-state index contributed by atoms with van der Waals surface area (Å²) in [6.45, 7) is 4.12. The third-order valence-electron chi connectivity index (χ3n) is 6.51. The van der Waals surface area contributed by atoms with Crippen LogP contribution in [0.25, 0.3) is 0 Å². The van der Waals surface area contributed by atoms with E-state index < -0.39 is 36.4 Å². The Balaban J connectivity index is 0. The van der Waals surface area contributed by atoms with Crippen molar-refractivity contribution >= 4 is 11.9 Å². The second-order valence-electron chi connectivity index (χ2n) is 11.4. The van der Waals surface area contributed by atoms with E-state index in [0.29, 0.717) is 38.5 Å². The van der Waals surface area contributed by atoms with E-state index in [-0.39, 0.29) is 12.8 Å². The Morgan fingerprint density at radius 3 is 1.45 bits per heavy atom. The van der Waals surface area contributed by atoms with Crippen molar-refractivity contribution in [3.8, 4) is 11.8 Å². The molecular formula is C44H62O9. The number of rotatable bonds is 27. The minimum atomic E-state index is -0.866. The highest BCUT2D eigenvalue weighted by atomic mass is 17.1. The fourth-order valence-corrected chi connectivity index (χ4v) is 3.73. The summed E-state index contributed by atoms with van der Waals surface area (Å²) >= 11 is 0. The van der Waals surface area contributed by atoms with Gasteiger partial charge < -0.3 is 25.5 Å². The fraction of sp³-hybridized carbons (Fsp3) is 0.409. The van der Waals surface area contributed by atoms with E-state index in [1.165, 1.54) is 0 Å². The van der Waals surface area contributed by atoms with Crippen LogP contribution in [-0.2, 0) is 14.5 Å². The lowest BCUT2D eigenvalue weighted by Crippen LogP contribution is -2.05. The highest BCUT2D eigenvalue weighted by molar-refractivity contribution is 5.67. The number of carboxylic acid groups (broad SMARTS) is 2. The molecule has 0 aliphatic rings. The van der Waals surface area contributed by atoms with Crippen molar-refractivity contribution in [3.05, 3.63) is 134 Å². The van der Waals surface area contributed by atoms with Gasteiger partial charge in [0.15, 0.2) is 0 Å². The van der Waals surface area contributed by atoms with Gasteiger partial charge in [-0.2, -0.15) is 0 Å². The Bertz CT molecular complexity index is 1310. The van der Waals surface area contributed by atoms with Gasteiger partial charge in [-0.15, -0.1) is 11.8 Å². The molecule has 9 nitrogen and oxygen atoms in total. The Kier molecular flexibility index (Phi) is 38.4. The van der Waals surface area contributed by atoms with Crippen LogP contribution in [0, 0.1) is 11.8 Å². The van der Waals surface area contributed by atoms with Gasteiger partial charge in [-0.05, 0) is 51.4 Å². The molecule has 0 fully saturated rings. The van der Waals surface area contributed by atoms with E-state index in [0.717, 1.165) is 25.7 Å². The molecule has 6 N–H and O–H groups in total. The molecule has 0 heterocycles. The predicted molar refractivity (Wildman–Crippen MR) is 216 cm³/mol. The first-order valence-corrected chi connectivity index (χ1v) is 18.2. The lowest BCUT2D eigenvalue weighted by molar-refractivity contribution is -0.264. The lowest BCUT2D eigenvalue weighted by atomic mass is 10.2. The first-order valence-electron chi connectivity index (χ1n) is 18.2. The SMILES string of the molecule is CC/C=C\C[C@@H](O)/C=C/C=C\C/C=C\C=C\C(C/C=C\CCC(=O)O)OO.CC/C=C\C[C@H](O)/C=C/C=C\C/C=C\C=C\[C@@H](O)CC#CCCC(=O)O. The molecule has 0 radical (unpaired) electrons. The van der Waals surface area contributed by atoms with E-state index in [1.807, 2.05) is 85.1 Å². The van der Waals surface area contributed by atoms with Gasteiger partial charge in [0.2, 0.25) is 0 Å². The maximum Gasteiger partial charge on any atom is 0.304 e. The molecule has 0 amide bonds. The van der Waals surface area contributed by atoms with Gasteiger partial charge in [-0.3, -0.25) is 14.8 Å². The van der Waals surface area contributed by atoms with Crippen LogP contribution in [-0.4, -0.2) is 67.1 Å². The number of allylic oxidation sites excluding steroid dienone is 15. The van der Waals surface area contributed by atoms with Gasteiger partial charge >= 0.3 is 11.9 Å². The van der Waals surface area contributed by atoms with Gasteiger partial charge in [-0.1, -0.05) is 148 Å². The number of hydrogen-bond donors (Lipinski definition) is 6. The first-order chi connectivity index (χ1) is 25.7. The molecule has 0 aromatic carbocycles. The summed E-state index contributed by atoms with van der Waals surface area (Å²) < 4.78 is 0. The molecule has 9 heteroatoms. The van der Waals surface area contributed by atoms with Crippen molar-refractivity contribution in [1.29, 1.82) is 0 Å². The minimum absolute atomic E-state index is 0.0270. The van der Waals surface area contributed by atoms with E-state index in [1.54, 1.807) is 48.6 Å². The van der Waals surface area contributed by atoms with Crippen molar-refractivity contribution in [2.45, 2.75) is 115 Å². The van der Waals surface area contributed by atoms with E-state index in [2.05, 4.69) is 30.6 Å². The van der Waals surface area contributed by atoms with E-state index >= 15 is 0 Å². The van der Waals surface area contributed by atoms with Crippen LogP contribution in [0.3, 0.4) is 0 Å². The average molecular weight is 735 g/mol. The third kappa shape index (κ3) is 43.5. The molecule has 53 heavy (non-hydrogen) atoms. The Hall–Kier alpha value is -4.56. The van der Waals surface area contributed by atoms with Crippen molar-refractivity contribution in [2.75, 3.05) is 0 Å². The highest BCUT2D eigenvalue weighted by Gasteiger charge is 2.01. The van der Waals surface area contributed by atoms with Crippen molar-refractivity contribution in [2.24, 2.45) is 0 Å². The van der Waals surface area contributed by atoms with Gasteiger partial charge in [-0.25, -0.2) is 4.89 Å². The zero-order valence-electron chi connectivity index (χ0n) is 31.4. The standard InChI is InChI=1S/C22H32O5.C22H30O4/c1-2-3-10-15-20(23)16-11-7-5-4-6-8-12-17-21(27-26)18-13-9-14-19-22(24)25;1-2-3-10-15-20(23)16-11-7-5-4-6-8-12-17-21(24)18-13-9-14-19-22(25)26/h3,5-13,16-17,20-21,23,26H,2,4,14-15,18-19H2,1H3,(H,24,25);3,5-8,10-12,16-17,20-21,23-24H,2,4,14-15,18-19H2,1H3,(H,25,26)/b7-5-,8-6-,10-3-,13-9-,16-11+,17-12+;7-5-,8-6-,10-3-,16-11+,17-12+/t20-,21?;20-,21+/m10/s1. The molecule has 4 atom stereocenters. The summed E-state index contributed by atoms with van der Waals surface area (Å²) in [7, 11) is 0. The van der Waals surface area contributed by atoms with Crippen LogP contribution in [0.4, 0.5) is 0 Å². The van der Waals surface area contributed by atoms with Crippen LogP contribution in [0.15, 0.2) is 134 Å². The van der Waals surface area contributed by atoms with Crippen LogP contribution >= 0.6 is 0 Å². The number of hydrogen-bond acceptors (Lipinski definition) is 7. The maximum absolute atomic E-state index is 10.4. The van der Waals surface area contributed by atoms with Crippen LogP contribution in [0.2, 0.25) is 0 Å². The summed E-state index contributed by atoms with van der Waals surface area (Å²) in [5.74, 6) is 3.78. The van der Waals surface area contributed by atoms with Gasteiger partial charge in [0.1, 0.15) is 6.10 Å². The summed E-state index contributed by atoms with van der Waals surface area (Å²) in [6.07, 6.45) is 45.4. The number of aliphatic hydroxyl groups excluding tert-OH is 3. The first kappa shape index (κ1) is 50.5. The normalized spacial score (nSPS) is 15.0. The van der Waals surface area contributed by atoms with E-state index in [9.17, 15) is 24.9 Å². The second kappa shape index (κ2) is 40.2. The summed E-state index contributed by atoms with van der Waals surface area (Å²) in [5, 5.41) is 54.8. The number of carbonyl (C=O) groups is 2. The molecule has 0 aromatic rings. The van der Waals surface area contributed by atoms with E-state index in [4.69, 9.17) is 15.5 Å². The lowest BCUT2D eigenvalue weighted by Gasteiger charge is -2.04. The van der Waals surface area contributed by atoms with Crippen LogP contribution in [0.5, 0.6) is 0 Å². The molecule has 1 unspecified atom stereocenters. The Labute approximate surface area is 317 Å². The molecule has 292 valence electrons. The van der Waals surface area contributed by atoms with Gasteiger partial charge in [0.05, 0.1) is 24.7 Å².